The molecule has 1 aliphatic carbocycles. The van der Waals surface area contributed by atoms with Gasteiger partial charge in [-0.15, -0.1) is 0 Å². The number of methoxy groups -OCH3 is 1. The Balaban J connectivity index is 2.24. The third-order valence-corrected chi connectivity index (χ3v) is 8.00. The van der Waals surface area contributed by atoms with Crippen LogP contribution >= 0.6 is 11.6 Å². The largest absolute Gasteiger partial charge is 0.507 e. The first-order chi connectivity index (χ1) is 16.5. The molecule has 1 saturated carbocycles. The molecule has 0 unspecified atom stereocenters. The van der Waals surface area contributed by atoms with Crippen molar-refractivity contribution < 1.29 is 19.5 Å². The molecule has 0 saturated heterocycles. The van der Waals surface area contributed by atoms with Crippen molar-refractivity contribution in [2.75, 3.05) is 34.4 Å². The molecule has 1 aromatic rings. The zero-order valence-electron chi connectivity index (χ0n) is 22.4. The Kier molecular flexibility index (Phi) is 10.4. The lowest BCUT2D eigenvalue weighted by Crippen LogP contribution is -2.40. The minimum Gasteiger partial charge on any atom is -0.507 e. The molecule has 1 aliphatic rings. The number of aromatic hydroxyl groups is 1. The summed E-state index contributed by atoms with van der Waals surface area (Å²) in [6.45, 7) is 11.9. The predicted octanol–water partition coefficient (Wildman–Crippen LogP) is 6.23. The van der Waals surface area contributed by atoms with Crippen LogP contribution in [0.5, 0.6) is 11.5 Å². The van der Waals surface area contributed by atoms with E-state index in [1.54, 1.807) is 6.92 Å². The third-order valence-electron chi connectivity index (χ3n) is 7.54. The number of carbonyl (C=O) groups is 1. The molecule has 0 aromatic heterocycles. The Labute approximate surface area is 215 Å². The number of hydrogen-bond donors (Lipinski definition) is 1. The number of allylic oxidation sites excluding steroid dienone is 4. The van der Waals surface area contributed by atoms with Crippen LogP contribution in [0.1, 0.15) is 62.0 Å². The SMILES string of the molecule is COc1c(Cl)c(C)c(C=O)c(O)c1C/C=C(C)/C=C/[C@@]1(C)[C@H](C)CC/C(=N\OCCN(C)C)[C@@H]1C. The van der Waals surface area contributed by atoms with Gasteiger partial charge in [0.2, 0.25) is 0 Å². The zero-order valence-corrected chi connectivity index (χ0v) is 23.2. The summed E-state index contributed by atoms with van der Waals surface area (Å²) in [4.78, 5) is 19.2. The molecule has 0 bridgehead atoms. The molecule has 1 fully saturated rings. The summed E-state index contributed by atoms with van der Waals surface area (Å²) in [5.41, 5.74) is 3.31. The summed E-state index contributed by atoms with van der Waals surface area (Å²) in [6, 6.07) is 0. The smallest absolute Gasteiger partial charge is 0.154 e. The number of hydrogen-bond acceptors (Lipinski definition) is 6. The van der Waals surface area contributed by atoms with Crippen molar-refractivity contribution in [3.63, 3.8) is 0 Å². The monoisotopic (exact) mass is 504 g/mol. The van der Waals surface area contributed by atoms with E-state index in [2.05, 4.69) is 43.0 Å². The van der Waals surface area contributed by atoms with Gasteiger partial charge in [0, 0.05) is 18.0 Å². The van der Waals surface area contributed by atoms with Crippen LogP contribution in [0.25, 0.3) is 0 Å². The number of oxime groups is 1. The molecule has 1 N–H and O–H groups in total. The third kappa shape index (κ3) is 6.68. The molecule has 0 radical (unpaired) electrons. The molecule has 0 amide bonds. The van der Waals surface area contributed by atoms with Crippen LogP contribution in [0.2, 0.25) is 5.02 Å². The maximum atomic E-state index is 11.5. The Bertz CT molecular complexity index is 999. The lowest BCUT2D eigenvalue weighted by molar-refractivity contribution is 0.112. The minimum atomic E-state index is -0.0802. The van der Waals surface area contributed by atoms with Gasteiger partial charge in [-0.3, -0.25) is 4.79 Å². The van der Waals surface area contributed by atoms with Gasteiger partial charge in [0.1, 0.15) is 18.1 Å². The molecule has 1 aromatic carbocycles. The molecule has 194 valence electrons. The molecular formula is C28H41ClN2O4. The Hall–Kier alpha value is -2.31. The number of carbonyl (C=O) groups excluding carboxylic acids is 1. The van der Waals surface area contributed by atoms with E-state index in [9.17, 15) is 9.90 Å². The number of nitrogens with zero attached hydrogens (tertiary/aromatic N) is 2. The summed E-state index contributed by atoms with van der Waals surface area (Å²) < 4.78 is 5.45. The number of aldehydes is 1. The second kappa shape index (κ2) is 12.6. The van der Waals surface area contributed by atoms with Gasteiger partial charge < -0.3 is 19.6 Å². The normalized spacial score (nSPS) is 24.4. The Morgan fingerprint density at radius 1 is 1.34 bits per heavy atom. The molecule has 7 heteroatoms. The fourth-order valence-corrected chi connectivity index (χ4v) is 4.81. The number of halogens is 1. The Morgan fingerprint density at radius 2 is 2.03 bits per heavy atom. The molecule has 6 nitrogen and oxygen atoms in total. The van der Waals surface area contributed by atoms with Crippen LogP contribution in [0.15, 0.2) is 29.0 Å². The fraction of sp³-hybridized carbons (Fsp3) is 0.571. The van der Waals surface area contributed by atoms with Crippen LogP contribution < -0.4 is 4.74 Å². The van der Waals surface area contributed by atoms with Gasteiger partial charge in [-0.25, -0.2) is 0 Å². The quantitative estimate of drug-likeness (QED) is 0.177. The second-order valence-corrected chi connectivity index (χ2v) is 10.4. The van der Waals surface area contributed by atoms with Crippen LogP contribution in [0.3, 0.4) is 0 Å². The van der Waals surface area contributed by atoms with Gasteiger partial charge >= 0.3 is 0 Å². The van der Waals surface area contributed by atoms with Crippen LogP contribution in [-0.4, -0.2) is 56.4 Å². The standard InChI is InChI=1S/C28H41ClN2O4/c1-18(9-11-22-26(33)23(17-32)20(3)25(29)27(22)34-8)13-14-28(5)19(2)10-12-24(21(28)4)30-35-16-15-31(6)7/h9,13-14,17,19,21,33H,10-12,15-16H2,1-8H3/b14-13+,18-9+,30-24+/t19-,21+,28+/m1/s1. The number of likely N-dealkylation sites (N-methyl/N-ethyl adjacent to an activating group) is 1. The summed E-state index contributed by atoms with van der Waals surface area (Å²) in [7, 11) is 5.55. The zero-order chi connectivity index (χ0) is 26.3. The Morgan fingerprint density at radius 3 is 2.63 bits per heavy atom. The van der Waals surface area contributed by atoms with Crippen LogP contribution in [0, 0.1) is 24.2 Å². The highest BCUT2D eigenvalue weighted by Crippen LogP contribution is 2.45. The molecule has 2 rings (SSSR count). The van der Waals surface area contributed by atoms with Gasteiger partial charge in [-0.05, 0) is 64.1 Å². The van der Waals surface area contributed by atoms with Crippen molar-refractivity contribution in [2.24, 2.45) is 22.4 Å². The minimum absolute atomic E-state index is 0.0607. The highest BCUT2D eigenvalue weighted by Gasteiger charge is 2.41. The van der Waals surface area contributed by atoms with Crippen molar-refractivity contribution in [3.8, 4) is 11.5 Å². The summed E-state index contributed by atoms with van der Waals surface area (Å²) in [5.74, 6) is 1.07. The highest BCUT2D eigenvalue weighted by molar-refractivity contribution is 6.33. The topological polar surface area (TPSA) is 71.4 Å². The molecule has 0 spiro atoms. The first-order valence-corrected chi connectivity index (χ1v) is 12.6. The van der Waals surface area contributed by atoms with Crippen LogP contribution in [-0.2, 0) is 11.3 Å². The van der Waals surface area contributed by atoms with Gasteiger partial charge in [0.25, 0.3) is 0 Å². The summed E-state index contributed by atoms with van der Waals surface area (Å²) >= 11 is 6.40. The van der Waals surface area contributed by atoms with E-state index in [-0.39, 0.29) is 22.6 Å². The molecule has 0 heterocycles. The van der Waals surface area contributed by atoms with E-state index in [1.807, 2.05) is 27.1 Å². The van der Waals surface area contributed by atoms with E-state index in [4.69, 9.17) is 21.2 Å². The molecular weight excluding hydrogens is 464 g/mol. The number of rotatable bonds is 10. The van der Waals surface area contributed by atoms with Gasteiger partial charge in [-0.1, -0.05) is 61.3 Å². The highest BCUT2D eigenvalue weighted by atomic mass is 35.5. The number of ether oxygens (including phenoxy) is 1. The average molecular weight is 505 g/mol. The first kappa shape index (κ1) is 28.9. The average Bonchev–Trinajstić information content (AvgIpc) is 2.82. The predicted molar refractivity (Wildman–Crippen MR) is 144 cm³/mol. The van der Waals surface area contributed by atoms with E-state index >= 15 is 0 Å². The van der Waals surface area contributed by atoms with E-state index < -0.39 is 0 Å². The number of phenols is 1. The van der Waals surface area contributed by atoms with Crippen molar-refractivity contribution >= 4 is 23.6 Å². The van der Waals surface area contributed by atoms with Crippen molar-refractivity contribution in [1.29, 1.82) is 0 Å². The molecule has 3 atom stereocenters. The number of benzene rings is 1. The fourth-order valence-electron chi connectivity index (χ4n) is 4.52. The molecule has 35 heavy (non-hydrogen) atoms. The van der Waals surface area contributed by atoms with Crippen molar-refractivity contribution in [2.45, 2.75) is 53.9 Å². The maximum Gasteiger partial charge on any atom is 0.154 e. The lowest BCUT2D eigenvalue weighted by atomic mass is 9.61. The lowest BCUT2D eigenvalue weighted by Gasteiger charge is -2.43. The van der Waals surface area contributed by atoms with Gasteiger partial charge in [-0.2, -0.15) is 0 Å². The van der Waals surface area contributed by atoms with Gasteiger partial charge in [0.05, 0.1) is 23.4 Å². The van der Waals surface area contributed by atoms with E-state index in [0.717, 1.165) is 30.7 Å². The van der Waals surface area contributed by atoms with E-state index in [1.165, 1.54) is 7.11 Å². The van der Waals surface area contributed by atoms with Crippen molar-refractivity contribution in [1.82, 2.24) is 4.90 Å². The number of phenolic OH excluding ortho intramolecular Hbond substituents is 1. The van der Waals surface area contributed by atoms with Crippen molar-refractivity contribution in [3.05, 3.63) is 45.5 Å². The second-order valence-electron chi connectivity index (χ2n) is 10.1. The summed E-state index contributed by atoms with van der Waals surface area (Å²) in [5, 5.41) is 15.5. The van der Waals surface area contributed by atoms with Crippen LogP contribution in [0.4, 0.5) is 0 Å². The van der Waals surface area contributed by atoms with E-state index in [0.29, 0.717) is 47.1 Å². The van der Waals surface area contributed by atoms with Gasteiger partial charge in [0.15, 0.2) is 6.29 Å². The molecule has 0 aliphatic heterocycles. The summed E-state index contributed by atoms with van der Waals surface area (Å²) in [6.07, 6.45) is 9.45. The first-order valence-electron chi connectivity index (χ1n) is 12.2. The maximum absolute atomic E-state index is 11.5.